The lowest BCUT2D eigenvalue weighted by Gasteiger charge is -2.09. The monoisotopic (exact) mass is 385 g/mol. The number of halogens is 2. The summed E-state index contributed by atoms with van der Waals surface area (Å²) in [5.74, 6) is 0. The second-order valence-corrected chi connectivity index (χ2v) is 6.79. The van der Waals surface area contributed by atoms with Gasteiger partial charge in [-0.3, -0.25) is 0 Å². The number of hydrogen-bond acceptors (Lipinski definition) is 2. The summed E-state index contributed by atoms with van der Waals surface area (Å²) in [5, 5.41) is 3.20. The van der Waals surface area contributed by atoms with E-state index in [-0.39, 0.29) is 0 Å². The smallest absolute Gasteiger partial charge is 0.0214 e. The molecule has 0 heterocycles. The molecule has 2 rings (SSSR count). The van der Waals surface area contributed by atoms with Gasteiger partial charge in [-0.25, -0.2) is 0 Å². The third-order valence-electron chi connectivity index (χ3n) is 2.43. The van der Waals surface area contributed by atoms with E-state index in [1.807, 2.05) is 7.05 Å². The predicted octanol–water partition coefficient (Wildman–Crippen LogP) is 5.08. The standard InChI is InChI=1S/C14H13Br2NS/c1-17-9-10-8-12(16)4-7-14(10)18-13-5-2-11(15)3-6-13/h2-8,17H,9H2,1H3. The van der Waals surface area contributed by atoms with E-state index in [1.165, 1.54) is 15.4 Å². The zero-order valence-corrected chi connectivity index (χ0v) is 13.9. The first-order chi connectivity index (χ1) is 8.69. The minimum absolute atomic E-state index is 0.873. The zero-order chi connectivity index (χ0) is 13.0. The third-order valence-corrected chi connectivity index (χ3v) is 4.58. The molecule has 1 N–H and O–H groups in total. The molecule has 0 amide bonds. The van der Waals surface area contributed by atoms with Crippen molar-refractivity contribution in [1.82, 2.24) is 5.32 Å². The van der Waals surface area contributed by atoms with Crippen LogP contribution in [0.5, 0.6) is 0 Å². The van der Waals surface area contributed by atoms with Crippen molar-refractivity contribution in [2.75, 3.05) is 7.05 Å². The van der Waals surface area contributed by atoms with Crippen LogP contribution in [0.4, 0.5) is 0 Å². The van der Waals surface area contributed by atoms with E-state index in [0.717, 1.165) is 15.5 Å². The highest BCUT2D eigenvalue weighted by Gasteiger charge is 2.05. The van der Waals surface area contributed by atoms with Crippen LogP contribution in [0.1, 0.15) is 5.56 Å². The van der Waals surface area contributed by atoms with Crippen molar-refractivity contribution in [2.24, 2.45) is 0 Å². The van der Waals surface area contributed by atoms with E-state index < -0.39 is 0 Å². The SMILES string of the molecule is CNCc1cc(Br)ccc1Sc1ccc(Br)cc1. The second-order valence-electron chi connectivity index (χ2n) is 3.84. The molecule has 4 heteroatoms. The van der Waals surface area contributed by atoms with E-state index in [2.05, 4.69) is 79.6 Å². The molecule has 0 atom stereocenters. The van der Waals surface area contributed by atoms with Gasteiger partial charge in [-0.2, -0.15) is 0 Å². The molecule has 2 aromatic rings. The Hall–Kier alpha value is -0.290. The molecule has 0 aliphatic heterocycles. The van der Waals surface area contributed by atoms with Crippen LogP contribution in [0.2, 0.25) is 0 Å². The number of nitrogens with one attached hydrogen (secondary N) is 1. The molecule has 94 valence electrons. The van der Waals surface area contributed by atoms with Crippen molar-refractivity contribution in [1.29, 1.82) is 0 Å². The molecule has 0 aliphatic rings. The Labute approximate surface area is 129 Å². The van der Waals surface area contributed by atoms with Gasteiger partial charge in [-0.05, 0) is 55.1 Å². The number of benzene rings is 2. The average molecular weight is 387 g/mol. The fourth-order valence-electron chi connectivity index (χ4n) is 1.61. The maximum absolute atomic E-state index is 3.52. The summed E-state index contributed by atoms with van der Waals surface area (Å²) in [6.45, 7) is 0.873. The van der Waals surface area contributed by atoms with Crippen LogP contribution in [0.15, 0.2) is 61.2 Å². The summed E-state index contributed by atoms with van der Waals surface area (Å²) >= 11 is 8.76. The summed E-state index contributed by atoms with van der Waals surface area (Å²) in [6.07, 6.45) is 0. The molecule has 0 bridgehead atoms. The van der Waals surface area contributed by atoms with Gasteiger partial charge in [0.2, 0.25) is 0 Å². The second kappa shape index (κ2) is 6.75. The van der Waals surface area contributed by atoms with Gasteiger partial charge < -0.3 is 5.32 Å². The Morgan fingerprint density at radius 3 is 2.33 bits per heavy atom. The minimum atomic E-state index is 0.873. The summed E-state index contributed by atoms with van der Waals surface area (Å²) in [7, 11) is 1.97. The first-order valence-electron chi connectivity index (χ1n) is 5.55. The van der Waals surface area contributed by atoms with Crippen LogP contribution in [0, 0.1) is 0 Å². The fourth-order valence-corrected chi connectivity index (χ4v) is 3.20. The van der Waals surface area contributed by atoms with Crippen LogP contribution in [0.25, 0.3) is 0 Å². The first-order valence-corrected chi connectivity index (χ1v) is 7.96. The highest BCUT2D eigenvalue weighted by molar-refractivity contribution is 9.10. The van der Waals surface area contributed by atoms with Crippen LogP contribution in [0.3, 0.4) is 0 Å². The fraction of sp³-hybridized carbons (Fsp3) is 0.143. The van der Waals surface area contributed by atoms with Crippen molar-refractivity contribution in [3.63, 3.8) is 0 Å². The van der Waals surface area contributed by atoms with Gasteiger partial charge in [0.1, 0.15) is 0 Å². The highest BCUT2D eigenvalue weighted by atomic mass is 79.9. The largest absolute Gasteiger partial charge is 0.316 e. The molecule has 0 spiro atoms. The summed E-state index contributed by atoms with van der Waals surface area (Å²) in [6, 6.07) is 14.8. The van der Waals surface area contributed by atoms with Crippen molar-refractivity contribution in [2.45, 2.75) is 16.3 Å². The van der Waals surface area contributed by atoms with Gasteiger partial charge in [0, 0.05) is 25.3 Å². The number of hydrogen-bond donors (Lipinski definition) is 1. The lowest BCUT2D eigenvalue weighted by molar-refractivity contribution is 0.802. The van der Waals surface area contributed by atoms with Gasteiger partial charge in [0.25, 0.3) is 0 Å². The molecule has 0 saturated carbocycles. The highest BCUT2D eigenvalue weighted by Crippen LogP contribution is 2.32. The average Bonchev–Trinajstić information content (AvgIpc) is 2.36. The quantitative estimate of drug-likeness (QED) is 0.785. The van der Waals surface area contributed by atoms with Gasteiger partial charge in [-0.1, -0.05) is 43.6 Å². The molecule has 18 heavy (non-hydrogen) atoms. The van der Waals surface area contributed by atoms with Crippen molar-refractivity contribution < 1.29 is 0 Å². The Morgan fingerprint density at radius 2 is 1.67 bits per heavy atom. The van der Waals surface area contributed by atoms with E-state index in [0.29, 0.717) is 0 Å². The first kappa shape index (κ1) is 14.1. The molecule has 0 fully saturated rings. The molecular formula is C14H13Br2NS. The topological polar surface area (TPSA) is 12.0 Å². The van der Waals surface area contributed by atoms with Gasteiger partial charge in [-0.15, -0.1) is 0 Å². The van der Waals surface area contributed by atoms with Gasteiger partial charge >= 0.3 is 0 Å². The van der Waals surface area contributed by atoms with Gasteiger partial charge in [0.05, 0.1) is 0 Å². The Balaban J connectivity index is 2.25. The van der Waals surface area contributed by atoms with E-state index in [1.54, 1.807) is 11.8 Å². The summed E-state index contributed by atoms with van der Waals surface area (Å²) in [4.78, 5) is 2.53. The van der Waals surface area contributed by atoms with Crippen LogP contribution >= 0.6 is 43.6 Å². The predicted molar refractivity (Wildman–Crippen MR) is 85.2 cm³/mol. The van der Waals surface area contributed by atoms with Crippen LogP contribution in [-0.4, -0.2) is 7.05 Å². The molecule has 0 unspecified atom stereocenters. The van der Waals surface area contributed by atoms with E-state index >= 15 is 0 Å². The van der Waals surface area contributed by atoms with E-state index in [4.69, 9.17) is 0 Å². The van der Waals surface area contributed by atoms with Crippen LogP contribution < -0.4 is 5.32 Å². The Bertz CT molecular complexity index is 526. The molecule has 0 saturated heterocycles. The molecule has 0 aromatic heterocycles. The van der Waals surface area contributed by atoms with Crippen molar-refractivity contribution >= 4 is 43.6 Å². The minimum Gasteiger partial charge on any atom is -0.316 e. The number of rotatable bonds is 4. The lowest BCUT2D eigenvalue weighted by atomic mass is 10.2. The normalized spacial score (nSPS) is 10.6. The molecule has 1 nitrogen and oxygen atoms in total. The zero-order valence-electron chi connectivity index (χ0n) is 9.91. The lowest BCUT2D eigenvalue weighted by Crippen LogP contribution is -2.06. The summed E-state index contributed by atoms with van der Waals surface area (Å²) in [5.41, 5.74) is 1.31. The molecule has 2 aromatic carbocycles. The van der Waals surface area contributed by atoms with Crippen LogP contribution in [-0.2, 0) is 6.54 Å². The Kier molecular flexibility index (Phi) is 5.30. The maximum Gasteiger partial charge on any atom is 0.0214 e. The molecular weight excluding hydrogens is 374 g/mol. The maximum atomic E-state index is 3.52. The van der Waals surface area contributed by atoms with Gasteiger partial charge in [0.15, 0.2) is 0 Å². The molecule has 0 aliphatic carbocycles. The molecule has 0 radical (unpaired) electrons. The Morgan fingerprint density at radius 1 is 1.00 bits per heavy atom. The third kappa shape index (κ3) is 3.85. The summed E-state index contributed by atoms with van der Waals surface area (Å²) < 4.78 is 2.23. The van der Waals surface area contributed by atoms with Crippen molar-refractivity contribution in [3.05, 3.63) is 57.0 Å². The van der Waals surface area contributed by atoms with Crippen molar-refractivity contribution in [3.8, 4) is 0 Å². The van der Waals surface area contributed by atoms with E-state index in [9.17, 15) is 0 Å².